The molecule has 7 heteroatoms. The van der Waals surface area contributed by atoms with Crippen molar-refractivity contribution in [1.29, 1.82) is 0 Å². The molecule has 0 saturated heterocycles. The lowest BCUT2D eigenvalue weighted by Gasteiger charge is -2.21. The summed E-state index contributed by atoms with van der Waals surface area (Å²) in [5, 5.41) is 13.8. The van der Waals surface area contributed by atoms with E-state index in [1.54, 1.807) is 13.8 Å². The van der Waals surface area contributed by atoms with Gasteiger partial charge in [-0.3, -0.25) is 14.4 Å². The molecule has 1 aliphatic carbocycles. The molecule has 0 unspecified atom stereocenters. The standard InChI is InChI=1S/C13H16N2O5/c1-6(2)12(13(19)20)15-9-5-10(17)8(4-11(9)18)14-7(3)16/h4-6,12,15H,1-3H3,(H,14,16)(H,19,20)/t12-/m1/s1. The maximum atomic E-state index is 11.8. The lowest BCUT2D eigenvalue weighted by atomic mass is 10.0. The molecule has 0 aromatic rings. The molecule has 0 aliphatic heterocycles. The van der Waals surface area contributed by atoms with E-state index in [1.165, 1.54) is 6.92 Å². The van der Waals surface area contributed by atoms with Crippen molar-refractivity contribution in [3.63, 3.8) is 0 Å². The minimum Gasteiger partial charge on any atom is -0.480 e. The van der Waals surface area contributed by atoms with Gasteiger partial charge in [0.25, 0.3) is 0 Å². The Hall–Kier alpha value is -2.44. The molecule has 0 radical (unpaired) electrons. The molecule has 1 atom stereocenters. The molecule has 108 valence electrons. The quantitative estimate of drug-likeness (QED) is 0.598. The first-order valence-corrected chi connectivity index (χ1v) is 6.01. The van der Waals surface area contributed by atoms with Crippen molar-refractivity contribution in [3.8, 4) is 0 Å². The molecule has 0 aromatic carbocycles. The molecule has 1 aliphatic rings. The van der Waals surface area contributed by atoms with Crippen LogP contribution in [0.4, 0.5) is 0 Å². The van der Waals surface area contributed by atoms with E-state index in [-0.39, 0.29) is 17.3 Å². The summed E-state index contributed by atoms with van der Waals surface area (Å²) in [4.78, 5) is 45.4. The SMILES string of the molecule is CC(=O)NC1=CC(=O)C(N[C@@H](C(=O)O)C(C)C)=CC1=O. The van der Waals surface area contributed by atoms with Gasteiger partial charge in [0.15, 0.2) is 0 Å². The Kier molecular flexibility index (Phi) is 4.79. The normalized spacial score (nSPS) is 16.4. The van der Waals surface area contributed by atoms with Gasteiger partial charge in [-0.2, -0.15) is 0 Å². The lowest BCUT2D eigenvalue weighted by Crippen LogP contribution is -2.43. The monoisotopic (exact) mass is 280 g/mol. The molecule has 0 fully saturated rings. The number of hydrogen-bond donors (Lipinski definition) is 3. The molecular formula is C13H16N2O5. The minimum atomic E-state index is -1.11. The van der Waals surface area contributed by atoms with E-state index < -0.39 is 29.5 Å². The predicted molar refractivity (Wildman–Crippen MR) is 69.4 cm³/mol. The number of rotatable bonds is 5. The van der Waals surface area contributed by atoms with E-state index >= 15 is 0 Å². The number of carboxylic acids is 1. The van der Waals surface area contributed by atoms with Crippen molar-refractivity contribution in [3.05, 3.63) is 23.5 Å². The van der Waals surface area contributed by atoms with Crippen LogP contribution in [0.2, 0.25) is 0 Å². The van der Waals surface area contributed by atoms with E-state index in [1.807, 2.05) is 0 Å². The summed E-state index contributed by atoms with van der Waals surface area (Å²) < 4.78 is 0. The van der Waals surface area contributed by atoms with Gasteiger partial charge in [0.05, 0.1) is 11.4 Å². The van der Waals surface area contributed by atoms with E-state index in [2.05, 4.69) is 10.6 Å². The fourth-order valence-corrected chi connectivity index (χ4v) is 1.64. The summed E-state index contributed by atoms with van der Waals surface area (Å²) in [6.07, 6.45) is 1.97. The molecule has 0 aromatic heterocycles. The van der Waals surface area contributed by atoms with Gasteiger partial charge in [0.1, 0.15) is 6.04 Å². The molecule has 0 bridgehead atoms. The molecule has 1 rings (SSSR count). The summed E-state index contributed by atoms with van der Waals surface area (Å²) in [6, 6.07) is -0.978. The first kappa shape index (κ1) is 15.6. The van der Waals surface area contributed by atoms with Gasteiger partial charge < -0.3 is 15.7 Å². The minimum absolute atomic E-state index is 0.0924. The Bertz CT molecular complexity index is 531. The van der Waals surface area contributed by atoms with Crippen LogP contribution >= 0.6 is 0 Å². The summed E-state index contributed by atoms with van der Waals surface area (Å²) in [5.74, 6) is -2.96. The number of aliphatic carboxylic acids is 1. The van der Waals surface area contributed by atoms with Crippen LogP contribution in [0.1, 0.15) is 20.8 Å². The topological polar surface area (TPSA) is 113 Å². The second-order valence-corrected chi connectivity index (χ2v) is 4.73. The molecule has 7 nitrogen and oxygen atoms in total. The Balaban J connectivity index is 2.90. The van der Waals surface area contributed by atoms with Crippen LogP contribution in [0.25, 0.3) is 0 Å². The van der Waals surface area contributed by atoms with E-state index in [4.69, 9.17) is 5.11 Å². The Morgan fingerprint density at radius 1 is 1.10 bits per heavy atom. The highest BCUT2D eigenvalue weighted by molar-refractivity contribution is 6.20. The number of nitrogens with one attached hydrogen (secondary N) is 2. The zero-order chi connectivity index (χ0) is 15.4. The van der Waals surface area contributed by atoms with Crippen LogP contribution in [-0.4, -0.2) is 34.6 Å². The first-order valence-electron chi connectivity index (χ1n) is 6.01. The van der Waals surface area contributed by atoms with E-state index in [9.17, 15) is 19.2 Å². The van der Waals surface area contributed by atoms with Crippen LogP contribution in [-0.2, 0) is 19.2 Å². The molecule has 0 spiro atoms. The van der Waals surface area contributed by atoms with Gasteiger partial charge in [-0.15, -0.1) is 0 Å². The average Bonchev–Trinajstić information content (AvgIpc) is 2.29. The summed E-state index contributed by atoms with van der Waals surface area (Å²) in [6.45, 7) is 4.58. The Labute approximate surface area is 115 Å². The summed E-state index contributed by atoms with van der Waals surface area (Å²) in [7, 11) is 0. The number of carbonyl (C=O) groups excluding carboxylic acids is 3. The fourth-order valence-electron chi connectivity index (χ4n) is 1.64. The van der Waals surface area contributed by atoms with Crippen LogP contribution in [0.3, 0.4) is 0 Å². The maximum absolute atomic E-state index is 11.8. The maximum Gasteiger partial charge on any atom is 0.326 e. The smallest absolute Gasteiger partial charge is 0.326 e. The number of carboxylic acid groups (broad SMARTS) is 1. The second-order valence-electron chi connectivity index (χ2n) is 4.73. The molecule has 0 heterocycles. The Morgan fingerprint density at radius 3 is 2.05 bits per heavy atom. The summed E-state index contributed by atoms with van der Waals surface area (Å²) in [5.41, 5.74) is -0.213. The third kappa shape index (κ3) is 3.78. The number of amides is 1. The van der Waals surface area contributed by atoms with Gasteiger partial charge in [-0.05, 0) is 5.92 Å². The van der Waals surface area contributed by atoms with Gasteiger partial charge >= 0.3 is 5.97 Å². The Morgan fingerprint density at radius 2 is 1.60 bits per heavy atom. The van der Waals surface area contributed by atoms with E-state index in [0.29, 0.717) is 0 Å². The van der Waals surface area contributed by atoms with Gasteiger partial charge in [0, 0.05) is 19.1 Å². The molecular weight excluding hydrogens is 264 g/mol. The third-order valence-corrected chi connectivity index (χ3v) is 2.64. The van der Waals surface area contributed by atoms with Crippen molar-refractivity contribution >= 4 is 23.4 Å². The van der Waals surface area contributed by atoms with Crippen molar-refractivity contribution in [2.45, 2.75) is 26.8 Å². The number of carbonyl (C=O) groups is 4. The second kappa shape index (κ2) is 6.14. The number of hydrogen-bond acceptors (Lipinski definition) is 5. The summed E-state index contributed by atoms with van der Waals surface area (Å²) >= 11 is 0. The number of allylic oxidation sites excluding steroid dienone is 2. The molecule has 1 amide bonds. The highest BCUT2D eigenvalue weighted by atomic mass is 16.4. The van der Waals surface area contributed by atoms with Crippen LogP contribution in [0, 0.1) is 5.92 Å². The highest BCUT2D eigenvalue weighted by Gasteiger charge is 2.27. The third-order valence-electron chi connectivity index (χ3n) is 2.64. The fraction of sp³-hybridized carbons (Fsp3) is 0.385. The lowest BCUT2D eigenvalue weighted by molar-refractivity contribution is -0.140. The number of ketones is 2. The molecule has 3 N–H and O–H groups in total. The first-order chi connectivity index (χ1) is 9.22. The van der Waals surface area contributed by atoms with Crippen molar-refractivity contribution in [1.82, 2.24) is 10.6 Å². The zero-order valence-corrected chi connectivity index (χ0v) is 11.4. The van der Waals surface area contributed by atoms with E-state index in [0.717, 1.165) is 12.2 Å². The molecule has 20 heavy (non-hydrogen) atoms. The largest absolute Gasteiger partial charge is 0.480 e. The van der Waals surface area contributed by atoms with Crippen LogP contribution < -0.4 is 10.6 Å². The highest BCUT2D eigenvalue weighted by Crippen LogP contribution is 2.11. The molecule has 0 saturated carbocycles. The predicted octanol–water partition coefficient (Wildman–Crippen LogP) is -0.259. The van der Waals surface area contributed by atoms with Crippen molar-refractivity contribution in [2.75, 3.05) is 0 Å². The van der Waals surface area contributed by atoms with Crippen LogP contribution in [0.15, 0.2) is 23.5 Å². The van der Waals surface area contributed by atoms with Gasteiger partial charge in [-0.1, -0.05) is 13.8 Å². The van der Waals surface area contributed by atoms with Gasteiger partial charge in [-0.25, -0.2) is 4.79 Å². The van der Waals surface area contributed by atoms with Crippen molar-refractivity contribution in [2.24, 2.45) is 5.92 Å². The van der Waals surface area contributed by atoms with Gasteiger partial charge in [0.2, 0.25) is 17.5 Å². The average molecular weight is 280 g/mol. The zero-order valence-electron chi connectivity index (χ0n) is 11.4. The van der Waals surface area contributed by atoms with Crippen LogP contribution in [0.5, 0.6) is 0 Å². The van der Waals surface area contributed by atoms with Crippen molar-refractivity contribution < 1.29 is 24.3 Å².